The fraction of sp³-hybridized carbons (Fsp3) is 0.200. The summed E-state index contributed by atoms with van der Waals surface area (Å²) in [5.41, 5.74) is 3.70. The van der Waals surface area contributed by atoms with Crippen LogP contribution in [-0.4, -0.2) is 22.6 Å². The molecule has 19 heavy (non-hydrogen) atoms. The highest BCUT2D eigenvalue weighted by molar-refractivity contribution is 5.86. The number of carboxylic acids is 1. The molecule has 2 aromatic rings. The van der Waals surface area contributed by atoms with Crippen LogP contribution < -0.4 is 4.90 Å². The Kier molecular flexibility index (Phi) is 2.91. The topological polar surface area (TPSA) is 53.4 Å². The van der Waals surface area contributed by atoms with Gasteiger partial charge in [0.1, 0.15) is 5.69 Å². The second-order valence-electron chi connectivity index (χ2n) is 4.64. The maximum Gasteiger partial charge on any atom is 0.354 e. The number of fused-ring (bicyclic) bond motifs is 1. The summed E-state index contributed by atoms with van der Waals surface area (Å²) in [5, 5.41) is 8.98. The molecule has 3 rings (SSSR count). The Balaban J connectivity index is 1.89. The average Bonchev–Trinajstić information content (AvgIpc) is 2.47. The number of hydrogen-bond donors (Lipinski definition) is 1. The molecule has 1 aromatic heterocycles. The molecule has 1 N–H and O–H groups in total. The molecule has 0 radical (unpaired) electrons. The first kappa shape index (κ1) is 11.7. The summed E-state index contributed by atoms with van der Waals surface area (Å²) in [4.78, 5) is 17.0. The highest BCUT2D eigenvalue weighted by Crippen LogP contribution is 2.24. The summed E-state index contributed by atoms with van der Waals surface area (Å²) in [7, 11) is 0. The van der Waals surface area contributed by atoms with E-state index in [1.54, 1.807) is 12.3 Å². The van der Waals surface area contributed by atoms with Gasteiger partial charge in [0.2, 0.25) is 0 Å². The molecule has 1 aromatic carbocycles. The molecule has 0 saturated carbocycles. The highest BCUT2D eigenvalue weighted by atomic mass is 16.4. The predicted molar refractivity (Wildman–Crippen MR) is 72.4 cm³/mol. The lowest BCUT2D eigenvalue weighted by Crippen LogP contribution is -2.30. The lowest BCUT2D eigenvalue weighted by Gasteiger charge is -2.30. The Hall–Kier alpha value is -2.36. The van der Waals surface area contributed by atoms with Gasteiger partial charge in [-0.25, -0.2) is 9.78 Å². The van der Waals surface area contributed by atoms with Crippen LogP contribution in [0.1, 0.15) is 21.6 Å². The van der Waals surface area contributed by atoms with Gasteiger partial charge in [-0.2, -0.15) is 0 Å². The van der Waals surface area contributed by atoms with Crippen LogP contribution in [0.3, 0.4) is 0 Å². The van der Waals surface area contributed by atoms with E-state index in [0.29, 0.717) is 0 Å². The third-order valence-corrected chi connectivity index (χ3v) is 3.46. The number of aromatic nitrogens is 1. The summed E-state index contributed by atoms with van der Waals surface area (Å²) >= 11 is 0. The smallest absolute Gasteiger partial charge is 0.354 e. The second kappa shape index (κ2) is 4.72. The van der Waals surface area contributed by atoms with Gasteiger partial charge in [0, 0.05) is 25.0 Å². The molecular formula is C15H14N2O2. The highest BCUT2D eigenvalue weighted by Gasteiger charge is 2.17. The summed E-state index contributed by atoms with van der Waals surface area (Å²) < 4.78 is 0. The minimum atomic E-state index is -0.987. The van der Waals surface area contributed by atoms with Gasteiger partial charge in [0.25, 0.3) is 0 Å². The number of rotatable bonds is 2. The van der Waals surface area contributed by atoms with Crippen LogP contribution in [0.25, 0.3) is 0 Å². The molecule has 0 unspecified atom stereocenters. The Labute approximate surface area is 111 Å². The molecule has 0 aliphatic carbocycles. The molecular weight excluding hydrogens is 240 g/mol. The number of carboxylic acid groups (broad SMARTS) is 1. The van der Waals surface area contributed by atoms with E-state index in [4.69, 9.17) is 5.11 Å². The summed E-state index contributed by atoms with van der Waals surface area (Å²) in [6, 6.07) is 11.9. The van der Waals surface area contributed by atoms with E-state index >= 15 is 0 Å². The van der Waals surface area contributed by atoms with Crippen LogP contribution in [0.2, 0.25) is 0 Å². The summed E-state index contributed by atoms with van der Waals surface area (Å²) in [6.45, 7) is 1.72. The number of pyridine rings is 1. The van der Waals surface area contributed by atoms with Gasteiger partial charge in [0.15, 0.2) is 0 Å². The second-order valence-corrected chi connectivity index (χ2v) is 4.64. The molecule has 0 bridgehead atoms. The number of hydrogen-bond acceptors (Lipinski definition) is 3. The molecule has 0 fully saturated rings. The van der Waals surface area contributed by atoms with E-state index in [0.717, 1.165) is 25.2 Å². The molecule has 4 heteroatoms. The third-order valence-electron chi connectivity index (χ3n) is 3.46. The van der Waals surface area contributed by atoms with Crippen molar-refractivity contribution in [1.82, 2.24) is 4.98 Å². The van der Waals surface area contributed by atoms with Crippen LogP contribution in [0.5, 0.6) is 0 Å². The molecule has 1 aliphatic heterocycles. The molecule has 0 atom stereocenters. The van der Waals surface area contributed by atoms with E-state index in [1.165, 1.54) is 11.1 Å². The van der Waals surface area contributed by atoms with Gasteiger partial charge in [0.05, 0.1) is 0 Å². The maximum atomic E-state index is 11.0. The van der Waals surface area contributed by atoms with Crippen molar-refractivity contribution in [3.05, 3.63) is 59.4 Å². The largest absolute Gasteiger partial charge is 0.477 e. The predicted octanol–water partition coefficient (Wildman–Crippen LogP) is 2.34. The third kappa shape index (κ3) is 2.29. The van der Waals surface area contributed by atoms with Crippen molar-refractivity contribution in [3.63, 3.8) is 0 Å². The van der Waals surface area contributed by atoms with Gasteiger partial charge in [-0.15, -0.1) is 0 Å². The van der Waals surface area contributed by atoms with Crippen LogP contribution in [-0.2, 0) is 13.0 Å². The number of benzene rings is 1. The first-order valence-corrected chi connectivity index (χ1v) is 6.25. The standard InChI is InChI=1S/C15H14N2O2/c18-15(19)14-9-13(5-7-16-14)17-8-6-11-3-1-2-4-12(11)10-17/h1-5,7,9H,6,8,10H2,(H,18,19). The summed E-state index contributed by atoms with van der Waals surface area (Å²) in [6.07, 6.45) is 2.54. The van der Waals surface area contributed by atoms with Crippen molar-refractivity contribution in [3.8, 4) is 0 Å². The zero-order valence-electron chi connectivity index (χ0n) is 10.4. The van der Waals surface area contributed by atoms with E-state index in [1.807, 2.05) is 12.1 Å². The molecule has 2 heterocycles. The minimum Gasteiger partial charge on any atom is -0.477 e. The Morgan fingerprint density at radius 2 is 2.00 bits per heavy atom. The Morgan fingerprint density at radius 3 is 2.79 bits per heavy atom. The first-order valence-electron chi connectivity index (χ1n) is 6.25. The Bertz CT molecular complexity index is 625. The Morgan fingerprint density at radius 1 is 1.21 bits per heavy atom. The van der Waals surface area contributed by atoms with Crippen LogP contribution in [0.4, 0.5) is 5.69 Å². The monoisotopic (exact) mass is 254 g/mol. The number of carbonyl (C=O) groups is 1. The lowest BCUT2D eigenvalue weighted by molar-refractivity contribution is 0.0690. The van der Waals surface area contributed by atoms with Crippen molar-refractivity contribution in [2.45, 2.75) is 13.0 Å². The molecule has 0 amide bonds. The van der Waals surface area contributed by atoms with E-state index in [-0.39, 0.29) is 5.69 Å². The molecule has 0 spiro atoms. The normalized spacial score (nSPS) is 14.0. The van der Waals surface area contributed by atoms with E-state index in [9.17, 15) is 4.79 Å². The number of anilines is 1. The van der Waals surface area contributed by atoms with Crippen molar-refractivity contribution in [2.24, 2.45) is 0 Å². The molecule has 4 nitrogen and oxygen atoms in total. The quantitative estimate of drug-likeness (QED) is 0.893. The van der Waals surface area contributed by atoms with Crippen molar-refractivity contribution in [1.29, 1.82) is 0 Å². The van der Waals surface area contributed by atoms with Gasteiger partial charge in [-0.1, -0.05) is 24.3 Å². The van der Waals surface area contributed by atoms with Crippen LogP contribution >= 0.6 is 0 Å². The van der Waals surface area contributed by atoms with Gasteiger partial charge in [-0.3, -0.25) is 0 Å². The van der Waals surface area contributed by atoms with Gasteiger partial charge < -0.3 is 10.0 Å². The fourth-order valence-corrected chi connectivity index (χ4v) is 2.45. The van der Waals surface area contributed by atoms with Crippen molar-refractivity contribution < 1.29 is 9.90 Å². The fourth-order valence-electron chi connectivity index (χ4n) is 2.45. The zero-order valence-corrected chi connectivity index (χ0v) is 10.4. The van der Waals surface area contributed by atoms with E-state index < -0.39 is 5.97 Å². The average molecular weight is 254 g/mol. The lowest BCUT2D eigenvalue weighted by atomic mass is 9.99. The first-order chi connectivity index (χ1) is 9.24. The van der Waals surface area contributed by atoms with Crippen LogP contribution in [0, 0.1) is 0 Å². The molecule has 96 valence electrons. The van der Waals surface area contributed by atoms with Crippen LogP contribution in [0.15, 0.2) is 42.6 Å². The maximum absolute atomic E-state index is 11.0. The van der Waals surface area contributed by atoms with E-state index in [2.05, 4.69) is 28.1 Å². The minimum absolute atomic E-state index is 0.0939. The SMILES string of the molecule is O=C(O)c1cc(N2CCc3ccccc3C2)ccn1. The number of aromatic carboxylic acids is 1. The molecule has 0 saturated heterocycles. The molecule has 1 aliphatic rings. The summed E-state index contributed by atoms with van der Waals surface area (Å²) in [5.74, 6) is -0.987. The van der Waals surface area contributed by atoms with Gasteiger partial charge in [-0.05, 0) is 29.7 Å². The van der Waals surface area contributed by atoms with Gasteiger partial charge >= 0.3 is 5.97 Å². The van der Waals surface area contributed by atoms with Crippen molar-refractivity contribution in [2.75, 3.05) is 11.4 Å². The zero-order chi connectivity index (χ0) is 13.2. The van der Waals surface area contributed by atoms with Crippen molar-refractivity contribution >= 4 is 11.7 Å². The number of nitrogens with zero attached hydrogens (tertiary/aromatic N) is 2.